The molecule has 0 aliphatic carbocycles. The van der Waals surface area contributed by atoms with Crippen LogP contribution in [0.25, 0.3) is 11.0 Å². The molecular formula is C24H29N2O4+. The van der Waals surface area contributed by atoms with Gasteiger partial charge in [-0.1, -0.05) is 30.3 Å². The lowest BCUT2D eigenvalue weighted by atomic mass is 10.1. The predicted octanol–water partition coefficient (Wildman–Crippen LogP) is 2.91. The third kappa shape index (κ3) is 4.14. The molecule has 1 aliphatic heterocycles. The maximum atomic E-state index is 12.5. The molecular weight excluding hydrogens is 380 g/mol. The highest BCUT2D eigenvalue weighted by molar-refractivity contribution is 5.96. The van der Waals surface area contributed by atoms with Gasteiger partial charge in [-0.05, 0) is 32.0 Å². The van der Waals surface area contributed by atoms with E-state index in [9.17, 15) is 4.79 Å². The summed E-state index contributed by atoms with van der Waals surface area (Å²) in [6.45, 7) is 9.37. The van der Waals surface area contributed by atoms with Crippen LogP contribution in [-0.4, -0.2) is 45.4 Å². The fraction of sp³-hybridized carbons (Fsp3) is 0.375. The number of rotatable bonds is 7. The molecule has 0 unspecified atom stereocenters. The number of hydrogen-bond donors (Lipinski definition) is 1. The first kappa shape index (κ1) is 20.3. The van der Waals surface area contributed by atoms with E-state index in [4.69, 9.17) is 13.9 Å². The fourth-order valence-electron chi connectivity index (χ4n) is 4.12. The lowest BCUT2D eigenvalue weighted by molar-refractivity contribution is -0.914. The minimum Gasteiger partial charge on any atom is -0.492 e. The number of benzene rings is 2. The van der Waals surface area contributed by atoms with Crippen LogP contribution in [0.2, 0.25) is 0 Å². The first-order valence-corrected chi connectivity index (χ1v) is 10.7. The number of nitrogens with one attached hydrogen (secondary N) is 1. The zero-order chi connectivity index (χ0) is 20.9. The number of carbonyl (C=O) groups excluding carboxylic acids is 1. The van der Waals surface area contributed by atoms with E-state index >= 15 is 0 Å². The molecule has 1 aliphatic rings. The topological polar surface area (TPSA) is 56.3 Å². The second-order valence-corrected chi connectivity index (χ2v) is 7.44. The van der Waals surface area contributed by atoms with Gasteiger partial charge >= 0.3 is 5.97 Å². The number of furan rings is 1. The van der Waals surface area contributed by atoms with E-state index in [1.807, 2.05) is 50.2 Å². The number of fused-ring (bicyclic) bond motifs is 1. The molecule has 0 saturated carbocycles. The van der Waals surface area contributed by atoms with Gasteiger partial charge < -0.3 is 23.7 Å². The van der Waals surface area contributed by atoms with Crippen LogP contribution in [0.1, 0.15) is 30.0 Å². The van der Waals surface area contributed by atoms with Crippen molar-refractivity contribution in [3.63, 3.8) is 0 Å². The number of anilines is 1. The smallest absolute Gasteiger partial charge is 0.374 e. The first-order chi connectivity index (χ1) is 14.7. The molecule has 4 rings (SSSR count). The molecule has 2 heterocycles. The summed E-state index contributed by atoms with van der Waals surface area (Å²) in [5.74, 6) is 0.899. The number of nitrogens with zero attached hydrogens (tertiary/aromatic N) is 1. The standard InChI is InChI=1S/C24H28N2O4/c1-3-28-22-12-8-6-10-20(22)26-15-13-25(14-16-26)17-19-18-9-5-7-11-21(18)30-23(19)24(27)29-4-2/h5-12H,3-4,13-17H2,1-2H3/p+1. The van der Waals surface area contributed by atoms with E-state index in [0.717, 1.165) is 60.7 Å². The van der Waals surface area contributed by atoms with Gasteiger partial charge in [0.2, 0.25) is 5.76 Å². The Morgan fingerprint density at radius 1 is 1.03 bits per heavy atom. The zero-order valence-corrected chi connectivity index (χ0v) is 17.6. The highest BCUT2D eigenvalue weighted by Crippen LogP contribution is 2.28. The normalized spacial score (nSPS) is 14.8. The molecule has 30 heavy (non-hydrogen) atoms. The molecule has 1 N–H and O–H groups in total. The summed E-state index contributed by atoms with van der Waals surface area (Å²) in [7, 11) is 0. The van der Waals surface area contributed by atoms with Gasteiger partial charge in [-0.2, -0.15) is 0 Å². The number of quaternary nitrogens is 1. The van der Waals surface area contributed by atoms with Crippen molar-refractivity contribution in [2.24, 2.45) is 0 Å². The summed E-state index contributed by atoms with van der Waals surface area (Å²) >= 11 is 0. The average molecular weight is 410 g/mol. The van der Waals surface area contributed by atoms with Crippen LogP contribution in [0, 0.1) is 0 Å². The van der Waals surface area contributed by atoms with Crippen LogP contribution in [-0.2, 0) is 11.3 Å². The summed E-state index contributed by atoms with van der Waals surface area (Å²) < 4.78 is 16.9. The molecule has 6 heteroatoms. The van der Waals surface area contributed by atoms with Gasteiger partial charge in [0.1, 0.15) is 17.9 Å². The van der Waals surface area contributed by atoms with Gasteiger partial charge in [-0.15, -0.1) is 0 Å². The SMILES string of the molecule is CCOC(=O)c1oc2ccccc2c1C[NH+]1CCN(c2ccccc2OCC)CC1. The Morgan fingerprint density at radius 2 is 1.77 bits per heavy atom. The molecule has 6 nitrogen and oxygen atoms in total. The summed E-state index contributed by atoms with van der Waals surface area (Å²) in [5.41, 5.74) is 2.83. The molecule has 3 aromatic rings. The number of esters is 1. The van der Waals surface area contributed by atoms with Crippen molar-refractivity contribution in [3.05, 3.63) is 59.9 Å². The van der Waals surface area contributed by atoms with Gasteiger partial charge in [0.05, 0.1) is 50.6 Å². The van der Waals surface area contributed by atoms with Crippen LogP contribution in [0.15, 0.2) is 52.9 Å². The maximum absolute atomic E-state index is 12.5. The van der Waals surface area contributed by atoms with E-state index in [1.54, 1.807) is 0 Å². The van der Waals surface area contributed by atoms with Gasteiger partial charge in [-0.3, -0.25) is 0 Å². The van der Waals surface area contributed by atoms with Gasteiger partial charge in [0.25, 0.3) is 0 Å². The Balaban J connectivity index is 1.50. The highest BCUT2D eigenvalue weighted by atomic mass is 16.5. The third-order valence-electron chi connectivity index (χ3n) is 5.56. The van der Waals surface area contributed by atoms with Crippen LogP contribution in [0.4, 0.5) is 5.69 Å². The second kappa shape index (κ2) is 9.22. The Morgan fingerprint density at radius 3 is 2.53 bits per heavy atom. The van der Waals surface area contributed by atoms with Crippen molar-refractivity contribution >= 4 is 22.6 Å². The molecule has 2 aromatic carbocycles. The van der Waals surface area contributed by atoms with Crippen molar-refractivity contribution in [3.8, 4) is 5.75 Å². The summed E-state index contributed by atoms with van der Waals surface area (Å²) in [6.07, 6.45) is 0. The molecule has 1 aromatic heterocycles. The van der Waals surface area contributed by atoms with Crippen LogP contribution >= 0.6 is 0 Å². The van der Waals surface area contributed by atoms with Crippen molar-refractivity contribution in [1.82, 2.24) is 0 Å². The van der Waals surface area contributed by atoms with Crippen molar-refractivity contribution < 1.29 is 23.6 Å². The van der Waals surface area contributed by atoms with E-state index in [2.05, 4.69) is 17.0 Å². The Kier molecular flexibility index (Phi) is 6.23. The molecule has 158 valence electrons. The quantitative estimate of drug-likeness (QED) is 0.608. The molecule has 0 atom stereocenters. The second-order valence-electron chi connectivity index (χ2n) is 7.44. The minimum atomic E-state index is -0.382. The molecule has 1 fully saturated rings. The predicted molar refractivity (Wildman–Crippen MR) is 116 cm³/mol. The molecule has 0 bridgehead atoms. The molecule has 0 radical (unpaired) electrons. The average Bonchev–Trinajstić information content (AvgIpc) is 3.14. The van der Waals surface area contributed by atoms with Gasteiger partial charge in [0, 0.05) is 5.39 Å². The molecule has 1 saturated heterocycles. The summed E-state index contributed by atoms with van der Waals surface area (Å²) in [6, 6.07) is 16.0. The highest BCUT2D eigenvalue weighted by Gasteiger charge is 2.28. The number of carbonyl (C=O) groups is 1. The summed E-state index contributed by atoms with van der Waals surface area (Å²) in [4.78, 5) is 16.3. The zero-order valence-electron chi connectivity index (χ0n) is 17.6. The number of hydrogen-bond acceptors (Lipinski definition) is 5. The number of piperazine rings is 1. The van der Waals surface area contributed by atoms with E-state index in [-0.39, 0.29) is 5.97 Å². The van der Waals surface area contributed by atoms with Crippen molar-refractivity contribution in [1.29, 1.82) is 0 Å². The summed E-state index contributed by atoms with van der Waals surface area (Å²) in [5, 5.41) is 0.997. The largest absolute Gasteiger partial charge is 0.492 e. The van der Waals surface area contributed by atoms with Crippen molar-refractivity contribution in [2.75, 3.05) is 44.3 Å². The Bertz CT molecular complexity index is 1010. The number of ether oxygens (including phenoxy) is 2. The Labute approximate surface area is 177 Å². The Hall–Kier alpha value is -2.99. The van der Waals surface area contributed by atoms with Gasteiger partial charge in [0.15, 0.2) is 0 Å². The maximum Gasteiger partial charge on any atom is 0.374 e. The number of para-hydroxylation sites is 3. The van der Waals surface area contributed by atoms with Crippen molar-refractivity contribution in [2.45, 2.75) is 20.4 Å². The monoisotopic (exact) mass is 409 g/mol. The van der Waals surface area contributed by atoms with Crippen LogP contribution < -0.4 is 14.5 Å². The lowest BCUT2D eigenvalue weighted by Gasteiger charge is -2.34. The van der Waals surface area contributed by atoms with Gasteiger partial charge in [-0.25, -0.2) is 4.79 Å². The van der Waals surface area contributed by atoms with E-state index < -0.39 is 0 Å². The van der Waals surface area contributed by atoms with E-state index in [0.29, 0.717) is 19.0 Å². The van der Waals surface area contributed by atoms with Crippen LogP contribution in [0.3, 0.4) is 0 Å². The first-order valence-electron chi connectivity index (χ1n) is 10.7. The third-order valence-corrected chi connectivity index (χ3v) is 5.56. The fourth-order valence-corrected chi connectivity index (χ4v) is 4.12. The molecule has 0 spiro atoms. The van der Waals surface area contributed by atoms with E-state index in [1.165, 1.54) is 4.90 Å². The lowest BCUT2D eigenvalue weighted by Crippen LogP contribution is -3.13. The molecule has 0 amide bonds. The minimum absolute atomic E-state index is 0.333. The van der Waals surface area contributed by atoms with Crippen LogP contribution in [0.5, 0.6) is 5.75 Å².